The molecule has 5 nitrogen and oxygen atoms in total. The lowest BCUT2D eigenvalue weighted by molar-refractivity contribution is -0.136. The Kier molecular flexibility index (Phi) is 3.02. The molecule has 0 aromatic heterocycles. The standard InChI is InChI=1S/C15H13NO4/c17-13-9-20-15-11-4-2-1-3-10(11)5-6-12(15)16(13)8-7-14(18)19/h1-6H,7-9H2,(H,18,19). The molecule has 0 saturated heterocycles. The minimum absolute atomic E-state index is 0.0549. The van der Waals surface area contributed by atoms with E-state index in [2.05, 4.69) is 0 Å². The molecule has 0 bridgehead atoms. The molecule has 2 aromatic rings. The van der Waals surface area contributed by atoms with Crippen LogP contribution in [0.15, 0.2) is 36.4 Å². The molecule has 1 aliphatic rings. The fraction of sp³-hybridized carbons (Fsp3) is 0.200. The van der Waals surface area contributed by atoms with E-state index in [1.54, 1.807) is 6.07 Å². The number of ether oxygens (including phenoxy) is 1. The van der Waals surface area contributed by atoms with Crippen molar-refractivity contribution in [2.24, 2.45) is 0 Å². The normalized spacial score (nSPS) is 14.0. The first kappa shape index (κ1) is 12.5. The maximum atomic E-state index is 11.9. The third kappa shape index (κ3) is 2.07. The van der Waals surface area contributed by atoms with Crippen molar-refractivity contribution in [3.05, 3.63) is 36.4 Å². The number of carbonyl (C=O) groups excluding carboxylic acids is 1. The fourth-order valence-electron chi connectivity index (χ4n) is 2.39. The maximum Gasteiger partial charge on any atom is 0.305 e. The van der Waals surface area contributed by atoms with Gasteiger partial charge >= 0.3 is 5.97 Å². The number of carbonyl (C=O) groups is 2. The Morgan fingerprint density at radius 1 is 1.25 bits per heavy atom. The van der Waals surface area contributed by atoms with E-state index in [1.165, 1.54) is 4.90 Å². The van der Waals surface area contributed by atoms with E-state index in [0.717, 1.165) is 10.8 Å². The quantitative estimate of drug-likeness (QED) is 0.927. The summed E-state index contributed by atoms with van der Waals surface area (Å²) >= 11 is 0. The fourth-order valence-corrected chi connectivity index (χ4v) is 2.39. The van der Waals surface area contributed by atoms with Gasteiger partial charge in [0.2, 0.25) is 0 Å². The number of amides is 1. The van der Waals surface area contributed by atoms with Crippen molar-refractivity contribution in [2.75, 3.05) is 18.1 Å². The van der Waals surface area contributed by atoms with Crippen LogP contribution in [0, 0.1) is 0 Å². The SMILES string of the molecule is O=C(O)CCN1C(=O)COc2c1ccc1ccccc21. The summed E-state index contributed by atoms with van der Waals surface area (Å²) in [5.41, 5.74) is 0.640. The largest absolute Gasteiger partial charge is 0.481 e. The van der Waals surface area contributed by atoms with Gasteiger partial charge in [0.15, 0.2) is 12.4 Å². The zero-order chi connectivity index (χ0) is 14.1. The first-order valence-electron chi connectivity index (χ1n) is 6.33. The molecule has 0 spiro atoms. The van der Waals surface area contributed by atoms with Crippen molar-refractivity contribution in [2.45, 2.75) is 6.42 Å². The average molecular weight is 271 g/mol. The second-order valence-corrected chi connectivity index (χ2v) is 4.61. The Morgan fingerprint density at radius 3 is 2.85 bits per heavy atom. The highest BCUT2D eigenvalue weighted by Gasteiger charge is 2.27. The first-order valence-corrected chi connectivity index (χ1v) is 6.33. The molecular formula is C15H13NO4. The van der Waals surface area contributed by atoms with E-state index >= 15 is 0 Å². The predicted molar refractivity (Wildman–Crippen MR) is 74.0 cm³/mol. The van der Waals surface area contributed by atoms with Crippen LogP contribution in [0.1, 0.15) is 6.42 Å². The maximum absolute atomic E-state index is 11.9. The number of anilines is 1. The molecule has 0 radical (unpaired) electrons. The van der Waals surface area contributed by atoms with Gasteiger partial charge in [-0.15, -0.1) is 0 Å². The molecule has 0 saturated carbocycles. The van der Waals surface area contributed by atoms with Crippen molar-refractivity contribution in [3.63, 3.8) is 0 Å². The number of carboxylic acids is 1. The third-order valence-corrected chi connectivity index (χ3v) is 3.34. The van der Waals surface area contributed by atoms with Gasteiger partial charge in [-0.1, -0.05) is 30.3 Å². The van der Waals surface area contributed by atoms with E-state index in [-0.39, 0.29) is 25.5 Å². The summed E-state index contributed by atoms with van der Waals surface area (Å²) in [7, 11) is 0. The lowest BCUT2D eigenvalue weighted by Gasteiger charge is -2.29. The average Bonchev–Trinajstić information content (AvgIpc) is 2.45. The Hall–Kier alpha value is -2.56. The molecule has 5 heteroatoms. The molecular weight excluding hydrogens is 258 g/mol. The van der Waals surface area contributed by atoms with Crippen molar-refractivity contribution in [1.82, 2.24) is 0 Å². The van der Waals surface area contributed by atoms with Crippen molar-refractivity contribution in [1.29, 1.82) is 0 Å². The molecule has 1 N–H and O–H groups in total. The first-order chi connectivity index (χ1) is 9.66. The van der Waals surface area contributed by atoms with Crippen molar-refractivity contribution >= 4 is 28.3 Å². The number of hydrogen-bond acceptors (Lipinski definition) is 3. The Balaban J connectivity index is 2.06. The van der Waals surface area contributed by atoms with E-state index in [4.69, 9.17) is 9.84 Å². The summed E-state index contributed by atoms with van der Waals surface area (Å²) in [6, 6.07) is 11.5. The smallest absolute Gasteiger partial charge is 0.305 e. The van der Waals surface area contributed by atoms with Crippen LogP contribution in [0.2, 0.25) is 0 Å². The van der Waals surface area contributed by atoms with Gasteiger partial charge in [-0.05, 0) is 11.5 Å². The van der Waals surface area contributed by atoms with Crippen LogP contribution in [0.25, 0.3) is 10.8 Å². The summed E-state index contributed by atoms with van der Waals surface area (Å²) in [6.45, 7) is 0.101. The molecule has 20 heavy (non-hydrogen) atoms. The van der Waals surface area contributed by atoms with Crippen LogP contribution in [-0.2, 0) is 9.59 Å². The van der Waals surface area contributed by atoms with E-state index in [9.17, 15) is 9.59 Å². The molecule has 1 amide bonds. The minimum Gasteiger partial charge on any atom is -0.481 e. The summed E-state index contributed by atoms with van der Waals surface area (Å²) in [5.74, 6) is -0.492. The highest BCUT2D eigenvalue weighted by Crippen LogP contribution is 2.38. The lowest BCUT2D eigenvalue weighted by atomic mass is 10.1. The van der Waals surface area contributed by atoms with Gasteiger partial charge in [0.1, 0.15) is 0 Å². The monoisotopic (exact) mass is 271 g/mol. The lowest BCUT2D eigenvalue weighted by Crippen LogP contribution is -2.40. The summed E-state index contributed by atoms with van der Waals surface area (Å²) < 4.78 is 5.55. The Labute approximate surface area is 115 Å². The van der Waals surface area contributed by atoms with Crippen LogP contribution >= 0.6 is 0 Å². The number of hydrogen-bond donors (Lipinski definition) is 1. The molecule has 0 unspecified atom stereocenters. The predicted octanol–water partition coefficient (Wildman–Crippen LogP) is 2.04. The molecule has 102 valence electrons. The van der Waals surface area contributed by atoms with E-state index < -0.39 is 5.97 Å². The van der Waals surface area contributed by atoms with Crippen LogP contribution in [0.5, 0.6) is 5.75 Å². The number of carboxylic acid groups (broad SMARTS) is 1. The van der Waals surface area contributed by atoms with E-state index in [1.807, 2.05) is 30.3 Å². The second-order valence-electron chi connectivity index (χ2n) is 4.61. The van der Waals surface area contributed by atoms with Crippen LogP contribution < -0.4 is 9.64 Å². The number of fused-ring (bicyclic) bond motifs is 3. The van der Waals surface area contributed by atoms with Gasteiger partial charge < -0.3 is 14.7 Å². The Bertz CT molecular complexity index is 695. The zero-order valence-electron chi connectivity index (χ0n) is 10.7. The van der Waals surface area contributed by atoms with Crippen LogP contribution in [-0.4, -0.2) is 30.1 Å². The van der Waals surface area contributed by atoms with Gasteiger partial charge in [0.25, 0.3) is 5.91 Å². The van der Waals surface area contributed by atoms with Gasteiger partial charge in [0, 0.05) is 11.9 Å². The van der Waals surface area contributed by atoms with Gasteiger partial charge in [-0.2, -0.15) is 0 Å². The molecule has 0 fully saturated rings. The highest BCUT2D eigenvalue weighted by atomic mass is 16.5. The van der Waals surface area contributed by atoms with Crippen molar-refractivity contribution in [3.8, 4) is 5.75 Å². The zero-order valence-corrected chi connectivity index (χ0v) is 10.7. The van der Waals surface area contributed by atoms with Gasteiger partial charge in [0.05, 0.1) is 12.1 Å². The highest BCUT2D eigenvalue weighted by molar-refractivity contribution is 6.04. The number of nitrogens with zero attached hydrogens (tertiary/aromatic N) is 1. The number of rotatable bonds is 3. The number of benzene rings is 2. The summed E-state index contributed by atoms with van der Waals surface area (Å²) in [4.78, 5) is 24.1. The molecule has 2 aromatic carbocycles. The second kappa shape index (κ2) is 4.85. The summed E-state index contributed by atoms with van der Waals surface area (Å²) in [6.07, 6.45) is -0.0853. The van der Waals surface area contributed by atoms with E-state index in [0.29, 0.717) is 11.4 Å². The third-order valence-electron chi connectivity index (χ3n) is 3.34. The molecule has 0 aliphatic carbocycles. The number of aliphatic carboxylic acids is 1. The molecule has 1 aliphatic heterocycles. The van der Waals surface area contributed by atoms with Crippen LogP contribution in [0.3, 0.4) is 0 Å². The molecule has 1 heterocycles. The Morgan fingerprint density at radius 2 is 2.05 bits per heavy atom. The topological polar surface area (TPSA) is 66.8 Å². The van der Waals surface area contributed by atoms with Gasteiger partial charge in [-0.25, -0.2) is 0 Å². The van der Waals surface area contributed by atoms with Crippen LogP contribution in [0.4, 0.5) is 5.69 Å². The molecule has 3 rings (SSSR count). The summed E-state index contributed by atoms with van der Waals surface area (Å²) in [5, 5.41) is 10.7. The van der Waals surface area contributed by atoms with Crippen molar-refractivity contribution < 1.29 is 19.4 Å². The van der Waals surface area contributed by atoms with Gasteiger partial charge in [-0.3, -0.25) is 9.59 Å². The molecule has 0 atom stereocenters. The minimum atomic E-state index is -0.924.